The Labute approximate surface area is 143 Å². The summed E-state index contributed by atoms with van der Waals surface area (Å²) in [4.78, 5) is 12.1. The Bertz CT molecular complexity index is 848. The number of hydrogen-bond donors (Lipinski definition) is 1. The average Bonchev–Trinajstić information content (AvgIpc) is 3.04. The van der Waals surface area contributed by atoms with E-state index in [-0.39, 0.29) is 16.5 Å². The van der Waals surface area contributed by atoms with Gasteiger partial charge in [0.05, 0.1) is 22.5 Å². The van der Waals surface area contributed by atoms with Gasteiger partial charge in [-0.15, -0.1) is 0 Å². The van der Waals surface area contributed by atoms with Crippen LogP contribution in [0.4, 0.5) is 4.39 Å². The average molecular weight is 344 g/mol. The second-order valence-corrected chi connectivity index (χ2v) is 5.67. The van der Waals surface area contributed by atoms with Gasteiger partial charge in [0.2, 0.25) is 0 Å². The van der Waals surface area contributed by atoms with Gasteiger partial charge in [-0.3, -0.25) is 4.79 Å². The summed E-state index contributed by atoms with van der Waals surface area (Å²) in [5.74, 6) is -0.791. The smallest absolute Gasteiger partial charge is 0.252 e. The van der Waals surface area contributed by atoms with E-state index in [1.807, 2.05) is 36.5 Å². The molecule has 0 unspecified atom stereocenters. The lowest BCUT2D eigenvalue weighted by Crippen LogP contribution is -2.25. The Hall–Kier alpha value is -2.66. The van der Waals surface area contributed by atoms with Crippen LogP contribution in [0.3, 0.4) is 0 Å². The molecule has 4 nitrogen and oxygen atoms in total. The number of nitrogens with one attached hydrogen (secondary N) is 1. The van der Waals surface area contributed by atoms with E-state index in [1.165, 1.54) is 12.1 Å². The molecule has 0 aliphatic heterocycles. The Balaban J connectivity index is 1.57. The van der Waals surface area contributed by atoms with Crippen molar-refractivity contribution in [3.8, 4) is 5.69 Å². The zero-order chi connectivity index (χ0) is 16.9. The Kier molecular flexibility index (Phi) is 4.91. The molecule has 0 radical (unpaired) electrons. The third-order valence-corrected chi connectivity index (χ3v) is 3.84. The second-order valence-electron chi connectivity index (χ2n) is 5.26. The normalized spacial score (nSPS) is 10.6. The number of rotatable bonds is 5. The Morgan fingerprint density at radius 3 is 2.75 bits per heavy atom. The van der Waals surface area contributed by atoms with Crippen molar-refractivity contribution in [1.29, 1.82) is 0 Å². The lowest BCUT2D eigenvalue weighted by atomic mass is 10.2. The molecule has 0 atom stereocenters. The maximum atomic E-state index is 13.0. The molecular formula is C18H15ClFN3O. The molecule has 3 rings (SSSR count). The fraction of sp³-hybridized carbons (Fsp3) is 0.111. The molecule has 0 saturated heterocycles. The van der Waals surface area contributed by atoms with Crippen LogP contribution in [0.15, 0.2) is 60.9 Å². The van der Waals surface area contributed by atoms with Crippen molar-refractivity contribution in [2.75, 3.05) is 6.54 Å². The first-order valence-corrected chi connectivity index (χ1v) is 7.83. The maximum absolute atomic E-state index is 13.0. The number of halogens is 2. The van der Waals surface area contributed by atoms with Crippen molar-refractivity contribution in [2.45, 2.75) is 6.42 Å². The first-order chi connectivity index (χ1) is 11.6. The first kappa shape index (κ1) is 16.2. The molecule has 6 heteroatoms. The summed E-state index contributed by atoms with van der Waals surface area (Å²) in [6.07, 6.45) is 4.33. The zero-order valence-electron chi connectivity index (χ0n) is 12.7. The van der Waals surface area contributed by atoms with Gasteiger partial charge in [-0.1, -0.05) is 29.8 Å². The summed E-state index contributed by atoms with van der Waals surface area (Å²) < 4.78 is 14.8. The van der Waals surface area contributed by atoms with E-state index in [0.717, 1.165) is 17.3 Å². The maximum Gasteiger partial charge on any atom is 0.252 e. The van der Waals surface area contributed by atoms with Crippen LogP contribution < -0.4 is 5.32 Å². The van der Waals surface area contributed by atoms with E-state index in [9.17, 15) is 9.18 Å². The second kappa shape index (κ2) is 7.27. The number of benzene rings is 2. The van der Waals surface area contributed by atoms with E-state index in [4.69, 9.17) is 11.6 Å². The SMILES string of the molecule is O=C(NCCc1cnn(-c2ccccc2)c1)c1ccc(F)cc1Cl. The predicted octanol–water partition coefficient (Wildman–Crippen LogP) is 3.64. The van der Waals surface area contributed by atoms with Crippen LogP contribution in [0.5, 0.6) is 0 Å². The lowest BCUT2D eigenvalue weighted by Gasteiger charge is -2.06. The van der Waals surface area contributed by atoms with Crippen LogP contribution >= 0.6 is 11.6 Å². The largest absolute Gasteiger partial charge is 0.352 e. The van der Waals surface area contributed by atoms with Crippen LogP contribution in [-0.2, 0) is 6.42 Å². The summed E-state index contributed by atoms with van der Waals surface area (Å²) in [6.45, 7) is 0.438. The lowest BCUT2D eigenvalue weighted by molar-refractivity contribution is 0.0954. The summed E-state index contributed by atoms with van der Waals surface area (Å²) in [7, 11) is 0. The van der Waals surface area contributed by atoms with Crippen LogP contribution in [0.1, 0.15) is 15.9 Å². The zero-order valence-corrected chi connectivity index (χ0v) is 13.5. The monoisotopic (exact) mass is 343 g/mol. The fourth-order valence-corrected chi connectivity index (χ4v) is 2.55. The predicted molar refractivity (Wildman–Crippen MR) is 91.0 cm³/mol. The van der Waals surface area contributed by atoms with Crippen molar-refractivity contribution < 1.29 is 9.18 Å². The van der Waals surface area contributed by atoms with Gasteiger partial charge in [0.25, 0.3) is 5.91 Å². The van der Waals surface area contributed by atoms with E-state index < -0.39 is 5.82 Å². The first-order valence-electron chi connectivity index (χ1n) is 7.46. The van der Waals surface area contributed by atoms with Gasteiger partial charge in [0.15, 0.2) is 0 Å². The van der Waals surface area contributed by atoms with Crippen molar-refractivity contribution in [3.05, 3.63) is 82.9 Å². The molecular weight excluding hydrogens is 329 g/mol. The third kappa shape index (κ3) is 3.81. The molecule has 1 heterocycles. The number of para-hydroxylation sites is 1. The number of hydrogen-bond acceptors (Lipinski definition) is 2. The van der Waals surface area contributed by atoms with Gasteiger partial charge in [-0.05, 0) is 42.3 Å². The molecule has 1 N–H and O–H groups in total. The molecule has 122 valence electrons. The number of nitrogens with zero attached hydrogens (tertiary/aromatic N) is 2. The Morgan fingerprint density at radius 2 is 2.00 bits per heavy atom. The van der Waals surface area contributed by atoms with Gasteiger partial charge < -0.3 is 5.32 Å². The molecule has 0 bridgehead atoms. The minimum absolute atomic E-state index is 0.101. The molecule has 1 aromatic heterocycles. The summed E-state index contributed by atoms with van der Waals surface area (Å²) in [6, 6.07) is 13.5. The molecule has 0 fully saturated rings. The molecule has 1 amide bonds. The molecule has 2 aromatic carbocycles. The Morgan fingerprint density at radius 1 is 1.21 bits per heavy atom. The van der Waals surface area contributed by atoms with Gasteiger partial charge in [0.1, 0.15) is 5.82 Å². The van der Waals surface area contributed by atoms with Crippen LogP contribution in [-0.4, -0.2) is 22.2 Å². The van der Waals surface area contributed by atoms with E-state index in [0.29, 0.717) is 13.0 Å². The molecule has 24 heavy (non-hydrogen) atoms. The molecule has 3 aromatic rings. The summed E-state index contributed by atoms with van der Waals surface area (Å²) >= 11 is 5.88. The van der Waals surface area contributed by atoms with E-state index in [1.54, 1.807) is 10.9 Å². The molecule has 0 saturated carbocycles. The van der Waals surface area contributed by atoms with Crippen molar-refractivity contribution in [1.82, 2.24) is 15.1 Å². The van der Waals surface area contributed by atoms with E-state index >= 15 is 0 Å². The van der Waals surface area contributed by atoms with Gasteiger partial charge in [0, 0.05) is 12.7 Å². The minimum Gasteiger partial charge on any atom is -0.352 e. The highest BCUT2D eigenvalue weighted by molar-refractivity contribution is 6.33. The van der Waals surface area contributed by atoms with Gasteiger partial charge in [-0.25, -0.2) is 9.07 Å². The highest BCUT2D eigenvalue weighted by Crippen LogP contribution is 2.17. The molecule has 0 spiro atoms. The number of amides is 1. The highest BCUT2D eigenvalue weighted by atomic mass is 35.5. The third-order valence-electron chi connectivity index (χ3n) is 3.53. The number of aromatic nitrogens is 2. The highest BCUT2D eigenvalue weighted by Gasteiger charge is 2.10. The summed E-state index contributed by atoms with van der Waals surface area (Å²) in [5, 5.41) is 7.18. The standard InChI is InChI=1S/C18H15ClFN3O/c19-17-10-14(20)6-7-16(17)18(24)21-9-8-13-11-22-23(12-13)15-4-2-1-3-5-15/h1-7,10-12H,8-9H2,(H,21,24). The molecule has 0 aliphatic carbocycles. The minimum atomic E-state index is -0.468. The van der Waals surface area contributed by atoms with Gasteiger partial charge >= 0.3 is 0 Å². The van der Waals surface area contributed by atoms with Crippen molar-refractivity contribution in [2.24, 2.45) is 0 Å². The van der Waals surface area contributed by atoms with E-state index in [2.05, 4.69) is 10.4 Å². The van der Waals surface area contributed by atoms with Crippen LogP contribution in [0.25, 0.3) is 5.69 Å². The van der Waals surface area contributed by atoms with Crippen LogP contribution in [0, 0.1) is 5.82 Å². The fourth-order valence-electron chi connectivity index (χ4n) is 2.30. The summed E-state index contributed by atoms with van der Waals surface area (Å²) in [5.41, 5.74) is 2.24. The quantitative estimate of drug-likeness (QED) is 0.769. The van der Waals surface area contributed by atoms with Crippen LogP contribution in [0.2, 0.25) is 5.02 Å². The number of carbonyl (C=O) groups is 1. The van der Waals surface area contributed by atoms with Crippen molar-refractivity contribution in [3.63, 3.8) is 0 Å². The number of carbonyl (C=O) groups excluding carboxylic acids is 1. The van der Waals surface area contributed by atoms with Crippen molar-refractivity contribution >= 4 is 17.5 Å². The molecule has 0 aliphatic rings. The van der Waals surface area contributed by atoms with Gasteiger partial charge in [-0.2, -0.15) is 5.10 Å². The topological polar surface area (TPSA) is 46.9 Å².